The lowest BCUT2D eigenvalue weighted by Crippen LogP contribution is -1.90. The van der Waals surface area contributed by atoms with Crippen LogP contribution in [-0.2, 0) is 0 Å². The van der Waals surface area contributed by atoms with Crippen molar-refractivity contribution in [3.63, 3.8) is 0 Å². The largest absolute Gasteiger partial charge is 0.494 e. The van der Waals surface area contributed by atoms with Gasteiger partial charge in [-0.2, -0.15) is 0 Å². The summed E-state index contributed by atoms with van der Waals surface area (Å²) in [6.45, 7) is 0. The Kier molecular flexibility index (Phi) is 2.72. The Morgan fingerprint density at radius 2 is 2.33 bits per heavy atom. The van der Waals surface area contributed by atoms with Gasteiger partial charge in [0.05, 0.1) is 7.11 Å². The molecule has 4 nitrogen and oxygen atoms in total. The lowest BCUT2D eigenvalue weighted by molar-refractivity contribution is 0.417. The molecule has 62 valence electrons. The predicted molar refractivity (Wildman–Crippen MR) is 46.7 cm³/mol. The van der Waals surface area contributed by atoms with Gasteiger partial charge in [-0.1, -0.05) is 11.6 Å². The van der Waals surface area contributed by atoms with Gasteiger partial charge in [0, 0.05) is 5.02 Å². The second-order valence-electron chi connectivity index (χ2n) is 2.06. The van der Waals surface area contributed by atoms with Crippen molar-refractivity contribution in [2.45, 2.75) is 0 Å². The first-order valence-electron chi connectivity index (χ1n) is 3.21. The van der Waals surface area contributed by atoms with Crippen LogP contribution in [0, 0.1) is 5.39 Å². The highest BCUT2D eigenvalue weighted by Crippen LogP contribution is 2.27. The molecule has 0 amide bonds. The lowest BCUT2D eigenvalue weighted by atomic mass is 10.3. The minimum Gasteiger partial charge on any atom is -0.494 e. The van der Waals surface area contributed by atoms with Crippen molar-refractivity contribution in [2.24, 2.45) is 0 Å². The number of diazo groups is 1. The Bertz CT molecular complexity index is 321. The van der Waals surface area contributed by atoms with E-state index in [1.165, 1.54) is 7.11 Å². The average molecular weight is 185 g/mol. The van der Waals surface area contributed by atoms with Crippen molar-refractivity contribution in [3.8, 4) is 5.75 Å². The predicted octanol–water partition coefficient (Wildman–Crippen LogP) is 2.53. The molecule has 0 atom stereocenters. The molecule has 1 aromatic rings. The molecule has 0 unspecified atom stereocenters. The molecule has 5 heteroatoms. The van der Waals surface area contributed by atoms with Gasteiger partial charge in [0.25, 0.3) is 5.39 Å². The van der Waals surface area contributed by atoms with E-state index in [0.29, 0.717) is 16.5 Å². The highest BCUT2D eigenvalue weighted by Gasteiger charge is 2.06. The second-order valence-corrected chi connectivity index (χ2v) is 2.49. The number of rotatable bonds is 2. The van der Waals surface area contributed by atoms with Crippen LogP contribution in [0.4, 0.5) is 5.69 Å². The smallest absolute Gasteiger partial charge is 0.308 e. The number of ether oxygens (including phenoxy) is 1. The molecule has 0 aliphatic heterocycles. The molecule has 0 saturated heterocycles. The maximum atomic E-state index is 8.25. The number of benzene rings is 1. The Balaban J connectivity index is 3.05. The summed E-state index contributed by atoms with van der Waals surface area (Å²) in [6, 6.07) is 4.96. The molecular weight excluding hydrogens is 178 g/mol. The molecule has 0 saturated carbocycles. The third kappa shape index (κ3) is 1.77. The molecule has 1 aromatic carbocycles. The molecule has 1 N–H and O–H groups in total. The van der Waals surface area contributed by atoms with E-state index >= 15 is 0 Å². The molecule has 0 aliphatic carbocycles. The minimum absolute atomic E-state index is 0.521. The number of anilines is 1. The number of nitrogens with zero attached hydrogens (tertiary/aromatic N) is 2. The number of hydrogen-bond donors (Lipinski definition) is 1. The van der Waals surface area contributed by atoms with Crippen molar-refractivity contribution in [1.29, 1.82) is 5.39 Å². The Morgan fingerprint density at radius 3 is 2.92 bits per heavy atom. The van der Waals surface area contributed by atoms with Gasteiger partial charge in [0.2, 0.25) is 0 Å². The van der Waals surface area contributed by atoms with E-state index in [1.54, 1.807) is 18.2 Å². The number of halogens is 1. The normalized spacial score (nSPS) is 8.75. The number of methoxy groups -OCH3 is 1. The molecule has 0 aromatic heterocycles. The Morgan fingerprint density at radius 1 is 1.58 bits per heavy atom. The number of nitrogens with one attached hydrogen (secondary N) is 1. The SMILES string of the molecule is COc1ccc(Cl)cc1N[N+]#N. The van der Waals surface area contributed by atoms with Gasteiger partial charge in [0.15, 0.2) is 5.69 Å². The molecule has 0 radical (unpaired) electrons. The number of hydrogen-bond acceptors (Lipinski definition) is 3. The third-order valence-corrected chi connectivity index (χ3v) is 1.57. The van der Waals surface area contributed by atoms with Crippen molar-refractivity contribution in [1.82, 2.24) is 0 Å². The first-order valence-corrected chi connectivity index (χ1v) is 3.59. The maximum Gasteiger partial charge on any atom is 0.308 e. The van der Waals surface area contributed by atoms with E-state index in [0.717, 1.165) is 0 Å². The van der Waals surface area contributed by atoms with Crippen LogP contribution in [-0.4, -0.2) is 7.11 Å². The highest BCUT2D eigenvalue weighted by atomic mass is 35.5. The van der Waals surface area contributed by atoms with Crippen LogP contribution in [0.25, 0.3) is 5.08 Å². The van der Waals surface area contributed by atoms with Crippen LogP contribution < -0.4 is 10.2 Å². The van der Waals surface area contributed by atoms with Crippen LogP contribution in [0.1, 0.15) is 0 Å². The van der Waals surface area contributed by atoms with Crippen LogP contribution >= 0.6 is 11.6 Å². The summed E-state index contributed by atoms with van der Waals surface area (Å²) in [5, 5.41) is 11.6. The molecule has 0 heterocycles. The van der Waals surface area contributed by atoms with Crippen molar-refractivity contribution in [2.75, 3.05) is 12.5 Å². The monoisotopic (exact) mass is 184 g/mol. The quantitative estimate of drug-likeness (QED) is 0.568. The summed E-state index contributed by atoms with van der Waals surface area (Å²) >= 11 is 5.69. The van der Waals surface area contributed by atoms with Gasteiger partial charge in [-0.05, 0) is 23.6 Å². The van der Waals surface area contributed by atoms with Crippen LogP contribution in [0.5, 0.6) is 5.75 Å². The summed E-state index contributed by atoms with van der Waals surface area (Å²) in [6.07, 6.45) is 0. The molecule has 0 bridgehead atoms. The maximum absolute atomic E-state index is 8.25. The van der Waals surface area contributed by atoms with E-state index in [4.69, 9.17) is 21.7 Å². The lowest BCUT2D eigenvalue weighted by Gasteiger charge is -2.01. The van der Waals surface area contributed by atoms with Gasteiger partial charge in [-0.15, -0.1) is 0 Å². The zero-order chi connectivity index (χ0) is 8.97. The topological polar surface area (TPSA) is 49.4 Å². The van der Waals surface area contributed by atoms with E-state index in [-0.39, 0.29) is 0 Å². The fraction of sp³-hybridized carbons (Fsp3) is 0.143. The standard InChI is InChI=1S/C7H7ClN3O/c1-12-7-3-2-5(8)4-6(7)10-11-9/h2-4,10H,1H3/q+1. The average Bonchev–Trinajstić information content (AvgIpc) is 2.05. The van der Waals surface area contributed by atoms with Crippen LogP contribution in [0.2, 0.25) is 5.02 Å². The summed E-state index contributed by atoms with van der Waals surface area (Å²) in [4.78, 5) is 0. The zero-order valence-corrected chi connectivity index (χ0v) is 7.17. The summed E-state index contributed by atoms with van der Waals surface area (Å²) in [5.41, 5.74) is 2.86. The van der Waals surface area contributed by atoms with Crippen molar-refractivity contribution >= 4 is 17.3 Å². The van der Waals surface area contributed by atoms with Gasteiger partial charge in [0.1, 0.15) is 5.75 Å². The van der Waals surface area contributed by atoms with Crippen LogP contribution in [0.15, 0.2) is 18.2 Å². The van der Waals surface area contributed by atoms with E-state index in [1.807, 2.05) is 0 Å². The van der Waals surface area contributed by atoms with Gasteiger partial charge in [-0.25, -0.2) is 0 Å². The molecule has 0 aliphatic rings. The van der Waals surface area contributed by atoms with E-state index in [2.05, 4.69) is 10.5 Å². The molecule has 0 spiro atoms. The zero-order valence-electron chi connectivity index (χ0n) is 6.41. The minimum atomic E-state index is 0.521. The molecule has 1 rings (SSSR count). The summed E-state index contributed by atoms with van der Waals surface area (Å²) in [5.74, 6) is 0.567. The molecule has 12 heavy (non-hydrogen) atoms. The summed E-state index contributed by atoms with van der Waals surface area (Å²) in [7, 11) is 1.52. The van der Waals surface area contributed by atoms with Gasteiger partial charge >= 0.3 is 5.08 Å². The first-order chi connectivity index (χ1) is 5.77. The second kappa shape index (κ2) is 3.79. The van der Waals surface area contributed by atoms with Gasteiger partial charge < -0.3 is 4.74 Å². The first kappa shape index (κ1) is 8.62. The third-order valence-electron chi connectivity index (χ3n) is 1.33. The molecule has 0 fully saturated rings. The van der Waals surface area contributed by atoms with E-state index < -0.39 is 0 Å². The Labute approximate surface area is 74.7 Å². The van der Waals surface area contributed by atoms with Crippen LogP contribution in [0.3, 0.4) is 0 Å². The highest BCUT2D eigenvalue weighted by molar-refractivity contribution is 6.30. The Hall–Kier alpha value is -1.47. The van der Waals surface area contributed by atoms with E-state index in [9.17, 15) is 0 Å². The fourth-order valence-electron chi connectivity index (χ4n) is 0.821. The van der Waals surface area contributed by atoms with Gasteiger partial charge in [-0.3, -0.25) is 0 Å². The molecular formula is C7H7ClN3O+. The fourth-order valence-corrected chi connectivity index (χ4v) is 0.994. The van der Waals surface area contributed by atoms with Crippen molar-refractivity contribution in [3.05, 3.63) is 28.3 Å². The van der Waals surface area contributed by atoms with Crippen molar-refractivity contribution < 1.29 is 4.74 Å². The summed E-state index contributed by atoms with van der Waals surface area (Å²) < 4.78 is 4.96.